The molecule has 0 fully saturated rings. The number of ether oxygens (including phenoxy) is 1. The molecule has 0 saturated carbocycles. The van der Waals surface area contributed by atoms with E-state index < -0.39 is 12.1 Å². The molecule has 0 aliphatic carbocycles. The van der Waals surface area contributed by atoms with Crippen molar-refractivity contribution in [2.45, 2.75) is 26.0 Å². The van der Waals surface area contributed by atoms with Gasteiger partial charge < -0.3 is 14.6 Å². The molecule has 4 aromatic rings. The predicted molar refractivity (Wildman–Crippen MR) is 117 cm³/mol. The van der Waals surface area contributed by atoms with Gasteiger partial charge in [-0.05, 0) is 18.1 Å². The van der Waals surface area contributed by atoms with E-state index in [-0.39, 0.29) is 6.61 Å². The van der Waals surface area contributed by atoms with Crippen molar-refractivity contribution in [2.24, 2.45) is 0 Å². The molecule has 0 aliphatic rings. The van der Waals surface area contributed by atoms with Gasteiger partial charge in [-0.15, -0.1) is 0 Å². The number of nitrogens with zero attached hydrogens (tertiary/aromatic N) is 2. The van der Waals surface area contributed by atoms with E-state index in [0.717, 1.165) is 22.3 Å². The first-order valence-electron chi connectivity index (χ1n) is 10.1. The number of carbonyl (C=O) groups excluding carboxylic acids is 1. The fourth-order valence-electron chi connectivity index (χ4n) is 3.15. The number of rotatable bonds is 7. The normalized spacial score (nSPS) is 11.6. The molecule has 3 aromatic carbocycles. The topological polar surface area (TPSA) is 77.2 Å². The summed E-state index contributed by atoms with van der Waals surface area (Å²) in [6.45, 7) is 2.20. The molecule has 1 N–H and O–H groups in total. The zero-order chi connectivity index (χ0) is 21.5. The number of alkyl carbamates (subject to hydrolysis) is 1. The van der Waals surface area contributed by atoms with Crippen molar-refractivity contribution < 1.29 is 14.1 Å². The first-order chi connectivity index (χ1) is 15.2. The lowest BCUT2D eigenvalue weighted by Gasteiger charge is -2.15. The monoisotopic (exact) mass is 413 g/mol. The van der Waals surface area contributed by atoms with E-state index >= 15 is 0 Å². The molecule has 31 heavy (non-hydrogen) atoms. The number of hydrogen-bond acceptors (Lipinski definition) is 5. The van der Waals surface area contributed by atoms with Crippen LogP contribution in [-0.2, 0) is 17.8 Å². The molecule has 0 aliphatic heterocycles. The van der Waals surface area contributed by atoms with Gasteiger partial charge in [0.05, 0.1) is 0 Å². The van der Waals surface area contributed by atoms with Gasteiger partial charge in [-0.3, -0.25) is 0 Å². The molecule has 6 nitrogen and oxygen atoms in total. The van der Waals surface area contributed by atoms with E-state index in [9.17, 15) is 4.79 Å². The van der Waals surface area contributed by atoms with E-state index in [1.807, 2.05) is 91.9 Å². The Labute approximate surface area is 180 Å². The molecule has 0 radical (unpaired) electrons. The average Bonchev–Trinajstić information content (AvgIpc) is 3.29. The Morgan fingerprint density at radius 3 is 2.26 bits per heavy atom. The molecule has 0 saturated heterocycles. The Kier molecular flexibility index (Phi) is 6.38. The molecular formula is C25H23N3O3. The highest BCUT2D eigenvalue weighted by Gasteiger charge is 2.23. The lowest BCUT2D eigenvalue weighted by atomic mass is 10.1. The number of aromatic nitrogens is 2. The van der Waals surface area contributed by atoms with Gasteiger partial charge in [0, 0.05) is 12.0 Å². The van der Waals surface area contributed by atoms with E-state index in [0.29, 0.717) is 18.1 Å². The number of amides is 1. The van der Waals surface area contributed by atoms with Crippen molar-refractivity contribution in [3.63, 3.8) is 0 Å². The quantitative estimate of drug-likeness (QED) is 0.447. The Bertz CT molecular complexity index is 1110. The third kappa shape index (κ3) is 5.57. The van der Waals surface area contributed by atoms with Gasteiger partial charge in [0.25, 0.3) is 0 Å². The molecule has 1 atom stereocenters. The summed E-state index contributed by atoms with van der Waals surface area (Å²) in [6, 6.07) is 26.7. The molecule has 4 rings (SSSR count). The van der Waals surface area contributed by atoms with Crippen molar-refractivity contribution in [3.8, 4) is 11.4 Å². The van der Waals surface area contributed by atoms with Crippen LogP contribution in [0.25, 0.3) is 11.4 Å². The van der Waals surface area contributed by atoms with Crippen LogP contribution in [0.2, 0.25) is 0 Å². The molecule has 0 spiro atoms. The van der Waals surface area contributed by atoms with Crippen LogP contribution >= 0.6 is 0 Å². The van der Waals surface area contributed by atoms with E-state index in [4.69, 9.17) is 9.26 Å². The maximum atomic E-state index is 12.5. The minimum absolute atomic E-state index is 0.184. The zero-order valence-corrected chi connectivity index (χ0v) is 17.2. The SMILES string of the molecule is Cc1ccc(-c2noc([C@H](Cc3ccccc3)NC(=O)OCc3ccccc3)n2)cc1. The summed E-state index contributed by atoms with van der Waals surface area (Å²) in [7, 11) is 0. The highest BCUT2D eigenvalue weighted by molar-refractivity contribution is 5.67. The summed E-state index contributed by atoms with van der Waals surface area (Å²) >= 11 is 0. The van der Waals surface area contributed by atoms with Crippen LogP contribution in [0.3, 0.4) is 0 Å². The summed E-state index contributed by atoms with van der Waals surface area (Å²) < 4.78 is 10.9. The number of aryl methyl sites for hydroxylation is 1. The Balaban J connectivity index is 1.50. The number of nitrogens with one attached hydrogen (secondary N) is 1. The van der Waals surface area contributed by atoms with Crippen molar-refractivity contribution in [1.82, 2.24) is 15.5 Å². The molecule has 1 aromatic heterocycles. The van der Waals surface area contributed by atoms with E-state index in [1.54, 1.807) is 0 Å². The van der Waals surface area contributed by atoms with Crippen molar-refractivity contribution in [3.05, 3.63) is 108 Å². The molecule has 6 heteroatoms. The maximum Gasteiger partial charge on any atom is 0.408 e. The molecule has 0 bridgehead atoms. The third-order valence-electron chi connectivity index (χ3n) is 4.84. The smallest absolute Gasteiger partial charge is 0.408 e. The van der Waals surface area contributed by atoms with E-state index in [2.05, 4.69) is 15.5 Å². The van der Waals surface area contributed by atoms with Gasteiger partial charge in [0.15, 0.2) is 0 Å². The number of carbonyl (C=O) groups is 1. The van der Waals surface area contributed by atoms with Gasteiger partial charge in [-0.2, -0.15) is 4.98 Å². The first-order valence-corrected chi connectivity index (χ1v) is 10.1. The van der Waals surface area contributed by atoms with Crippen LogP contribution in [0.15, 0.2) is 89.5 Å². The Hall–Kier alpha value is -3.93. The van der Waals surface area contributed by atoms with Gasteiger partial charge in [-0.25, -0.2) is 4.79 Å². The molecular weight excluding hydrogens is 390 g/mol. The van der Waals surface area contributed by atoms with Crippen molar-refractivity contribution >= 4 is 6.09 Å². The number of benzene rings is 3. The van der Waals surface area contributed by atoms with Gasteiger partial charge in [0.2, 0.25) is 11.7 Å². The standard InChI is InChI=1S/C25H23N3O3/c1-18-12-14-21(15-13-18)23-27-24(31-28-23)22(16-19-8-4-2-5-9-19)26-25(29)30-17-20-10-6-3-7-11-20/h2-15,22H,16-17H2,1H3,(H,26,29)/t22-/m0/s1. The maximum absolute atomic E-state index is 12.5. The highest BCUT2D eigenvalue weighted by atomic mass is 16.5. The largest absolute Gasteiger partial charge is 0.445 e. The van der Waals surface area contributed by atoms with Crippen LogP contribution < -0.4 is 5.32 Å². The molecule has 0 unspecified atom stereocenters. The lowest BCUT2D eigenvalue weighted by Crippen LogP contribution is -2.30. The fourth-order valence-corrected chi connectivity index (χ4v) is 3.15. The second-order valence-corrected chi connectivity index (χ2v) is 7.27. The van der Waals surface area contributed by atoms with Crippen molar-refractivity contribution in [2.75, 3.05) is 0 Å². The van der Waals surface area contributed by atoms with Gasteiger partial charge in [-0.1, -0.05) is 95.6 Å². The van der Waals surface area contributed by atoms with Crippen LogP contribution in [-0.4, -0.2) is 16.2 Å². The fraction of sp³-hybridized carbons (Fsp3) is 0.160. The minimum atomic E-state index is -0.542. The highest BCUT2D eigenvalue weighted by Crippen LogP contribution is 2.22. The van der Waals surface area contributed by atoms with Crippen LogP contribution in [0, 0.1) is 6.92 Å². The summed E-state index contributed by atoms with van der Waals surface area (Å²) in [4.78, 5) is 17.0. The molecule has 1 heterocycles. The van der Waals surface area contributed by atoms with Crippen LogP contribution in [0.5, 0.6) is 0 Å². The van der Waals surface area contributed by atoms with Crippen LogP contribution in [0.4, 0.5) is 4.79 Å². The van der Waals surface area contributed by atoms with Gasteiger partial charge in [0.1, 0.15) is 12.6 Å². The van der Waals surface area contributed by atoms with Crippen molar-refractivity contribution in [1.29, 1.82) is 0 Å². The minimum Gasteiger partial charge on any atom is -0.445 e. The number of hydrogen-bond donors (Lipinski definition) is 1. The summed E-state index contributed by atoms with van der Waals surface area (Å²) in [5.74, 6) is 0.809. The summed E-state index contributed by atoms with van der Waals surface area (Å²) in [5, 5.41) is 6.97. The van der Waals surface area contributed by atoms with Gasteiger partial charge >= 0.3 is 6.09 Å². The molecule has 156 valence electrons. The Morgan fingerprint density at radius 2 is 1.58 bits per heavy atom. The third-order valence-corrected chi connectivity index (χ3v) is 4.84. The Morgan fingerprint density at radius 1 is 0.935 bits per heavy atom. The van der Waals surface area contributed by atoms with E-state index in [1.165, 1.54) is 0 Å². The second kappa shape index (κ2) is 9.71. The summed E-state index contributed by atoms with van der Waals surface area (Å²) in [6.07, 6.45) is -0.0450. The average molecular weight is 413 g/mol. The lowest BCUT2D eigenvalue weighted by molar-refractivity contribution is 0.133. The first kappa shape index (κ1) is 20.3. The zero-order valence-electron chi connectivity index (χ0n) is 17.2. The summed E-state index contributed by atoms with van der Waals surface area (Å²) in [5.41, 5.74) is 3.95. The predicted octanol–water partition coefficient (Wildman–Crippen LogP) is 5.26. The second-order valence-electron chi connectivity index (χ2n) is 7.27. The van der Waals surface area contributed by atoms with Crippen LogP contribution in [0.1, 0.15) is 28.6 Å². The molecule has 1 amide bonds.